The Hall–Kier alpha value is -2.61. The Labute approximate surface area is 183 Å². The van der Waals surface area contributed by atoms with Gasteiger partial charge in [-0.1, -0.05) is 6.92 Å². The number of carbonyl (C=O) groups excluding carboxylic acids is 3. The lowest BCUT2D eigenvalue weighted by atomic mass is 10.0. The van der Waals surface area contributed by atoms with Gasteiger partial charge < -0.3 is 24.6 Å². The Morgan fingerprint density at radius 1 is 1.19 bits per heavy atom. The first-order valence-corrected chi connectivity index (χ1v) is 10.8. The molecule has 0 spiro atoms. The summed E-state index contributed by atoms with van der Waals surface area (Å²) < 4.78 is 11.7. The van der Waals surface area contributed by atoms with Crippen LogP contribution in [0.4, 0.5) is 5.69 Å². The van der Waals surface area contributed by atoms with E-state index in [0.29, 0.717) is 30.1 Å². The van der Waals surface area contributed by atoms with Gasteiger partial charge >= 0.3 is 0 Å². The highest BCUT2D eigenvalue weighted by Crippen LogP contribution is 2.33. The Morgan fingerprint density at radius 2 is 1.90 bits per heavy atom. The van der Waals surface area contributed by atoms with Crippen LogP contribution in [0.1, 0.15) is 44.0 Å². The molecule has 8 heteroatoms. The number of nitrogens with one attached hydrogen (secondary N) is 1. The second-order valence-electron chi connectivity index (χ2n) is 8.75. The lowest BCUT2D eigenvalue weighted by Gasteiger charge is -2.36. The molecule has 8 nitrogen and oxygen atoms in total. The van der Waals surface area contributed by atoms with Gasteiger partial charge in [-0.15, -0.1) is 0 Å². The van der Waals surface area contributed by atoms with Crippen LogP contribution in [0.5, 0.6) is 5.75 Å². The van der Waals surface area contributed by atoms with Crippen molar-refractivity contribution in [3.05, 3.63) is 23.8 Å². The first-order chi connectivity index (χ1) is 14.7. The molecule has 0 bridgehead atoms. The van der Waals surface area contributed by atoms with Crippen molar-refractivity contribution in [1.29, 1.82) is 0 Å². The lowest BCUT2D eigenvalue weighted by molar-refractivity contribution is -0.136. The van der Waals surface area contributed by atoms with E-state index in [1.165, 1.54) is 6.92 Å². The number of hydrogen-bond donors (Lipinski definition) is 1. The van der Waals surface area contributed by atoms with Crippen LogP contribution in [0.25, 0.3) is 0 Å². The molecule has 1 aliphatic carbocycles. The average molecular weight is 432 g/mol. The summed E-state index contributed by atoms with van der Waals surface area (Å²) in [5.74, 6) is 0.316. The Bertz CT molecular complexity index is 839. The molecule has 0 radical (unpaired) electrons. The first kappa shape index (κ1) is 23.1. The minimum Gasteiger partial charge on any atom is -0.491 e. The summed E-state index contributed by atoms with van der Waals surface area (Å²) in [6.45, 7) is 6.63. The van der Waals surface area contributed by atoms with Gasteiger partial charge in [0.1, 0.15) is 12.4 Å². The van der Waals surface area contributed by atoms with Gasteiger partial charge in [-0.3, -0.25) is 14.4 Å². The summed E-state index contributed by atoms with van der Waals surface area (Å²) in [6.07, 6.45) is 1.66. The van der Waals surface area contributed by atoms with Crippen molar-refractivity contribution >= 4 is 23.4 Å². The fourth-order valence-electron chi connectivity index (χ4n) is 3.93. The molecule has 0 unspecified atom stereocenters. The van der Waals surface area contributed by atoms with Gasteiger partial charge in [-0.05, 0) is 38.0 Å². The van der Waals surface area contributed by atoms with E-state index in [0.717, 1.165) is 12.8 Å². The largest absolute Gasteiger partial charge is 0.491 e. The van der Waals surface area contributed by atoms with Crippen LogP contribution in [0.3, 0.4) is 0 Å². The fraction of sp³-hybridized carbons (Fsp3) is 0.609. The number of likely N-dealkylation sites (N-methyl/N-ethyl adjacent to an activating group) is 1. The summed E-state index contributed by atoms with van der Waals surface area (Å²) in [4.78, 5) is 41.2. The zero-order valence-electron chi connectivity index (χ0n) is 19.0. The highest BCUT2D eigenvalue weighted by atomic mass is 16.5. The normalized spacial score (nSPS) is 25.1. The van der Waals surface area contributed by atoms with Gasteiger partial charge in [-0.2, -0.15) is 0 Å². The van der Waals surface area contributed by atoms with E-state index in [9.17, 15) is 14.4 Å². The maximum absolute atomic E-state index is 13.2. The van der Waals surface area contributed by atoms with Crippen LogP contribution in [0, 0.1) is 11.8 Å². The number of benzene rings is 1. The zero-order valence-corrected chi connectivity index (χ0v) is 19.0. The number of anilines is 1. The minimum absolute atomic E-state index is 0.0370. The molecule has 1 N–H and O–H groups in total. The molecule has 31 heavy (non-hydrogen) atoms. The fourth-order valence-corrected chi connectivity index (χ4v) is 3.93. The highest BCUT2D eigenvalue weighted by molar-refractivity contribution is 5.99. The molecule has 1 saturated carbocycles. The van der Waals surface area contributed by atoms with Crippen molar-refractivity contribution in [1.82, 2.24) is 9.80 Å². The average Bonchev–Trinajstić information content (AvgIpc) is 3.57. The molecule has 2 aliphatic rings. The van der Waals surface area contributed by atoms with Crippen LogP contribution >= 0.6 is 0 Å². The van der Waals surface area contributed by atoms with Gasteiger partial charge in [0.05, 0.1) is 17.7 Å². The van der Waals surface area contributed by atoms with E-state index in [2.05, 4.69) is 5.32 Å². The van der Waals surface area contributed by atoms with E-state index in [1.807, 2.05) is 18.7 Å². The van der Waals surface area contributed by atoms with Crippen LogP contribution in [-0.4, -0.2) is 73.5 Å². The SMILES string of the molecule is CO[C@@H]1CN(C)C(=O)c2cc(NC(C)=O)ccc2OC[C@H](C)N(C(=O)C2CC2)C[C@@H]1C. The molecule has 170 valence electrons. The first-order valence-electron chi connectivity index (χ1n) is 10.8. The molecule has 3 rings (SSSR count). The van der Waals surface area contributed by atoms with Crippen LogP contribution in [-0.2, 0) is 14.3 Å². The smallest absolute Gasteiger partial charge is 0.257 e. The van der Waals surface area contributed by atoms with Gasteiger partial charge in [0.15, 0.2) is 0 Å². The molecule has 1 aromatic rings. The maximum Gasteiger partial charge on any atom is 0.257 e. The summed E-state index contributed by atoms with van der Waals surface area (Å²) in [5.41, 5.74) is 0.892. The van der Waals surface area contributed by atoms with Crippen LogP contribution in [0.2, 0.25) is 0 Å². The third-order valence-corrected chi connectivity index (χ3v) is 5.97. The van der Waals surface area contributed by atoms with E-state index in [-0.39, 0.29) is 48.3 Å². The molecule has 0 aromatic heterocycles. The van der Waals surface area contributed by atoms with Crippen molar-refractivity contribution in [2.45, 2.75) is 45.8 Å². The van der Waals surface area contributed by atoms with Crippen molar-refractivity contribution in [3.8, 4) is 5.75 Å². The van der Waals surface area contributed by atoms with Gasteiger partial charge in [0.25, 0.3) is 5.91 Å². The topological polar surface area (TPSA) is 88.2 Å². The molecular weight excluding hydrogens is 398 g/mol. The summed E-state index contributed by atoms with van der Waals surface area (Å²) in [6, 6.07) is 4.87. The molecule has 3 atom stereocenters. The van der Waals surface area contributed by atoms with Crippen molar-refractivity contribution < 1.29 is 23.9 Å². The second-order valence-corrected chi connectivity index (χ2v) is 8.75. The van der Waals surface area contributed by atoms with E-state index < -0.39 is 0 Å². The third kappa shape index (κ3) is 5.55. The summed E-state index contributed by atoms with van der Waals surface area (Å²) >= 11 is 0. The van der Waals surface area contributed by atoms with Crippen molar-refractivity contribution in [2.75, 3.05) is 39.2 Å². The lowest BCUT2D eigenvalue weighted by Crippen LogP contribution is -2.49. The summed E-state index contributed by atoms with van der Waals surface area (Å²) in [7, 11) is 3.35. The number of hydrogen-bond acceptors (Lipinski definition) is 5. The second kappa shape index (κ2) is 9.68. The van der Waals surface area contributed by atoms with Gasteiger partial charge in [0, 0.05) is 51.7 Å². The summed E-state index contributed by atoms with van der Waals surface area (Å²) in [5, 5.41) is 2.71. The monoisotopic (exact) mass is 431 g/mol. The molecular formula is C23H33N3O5. The number of methoxy groups -OCH3 is 1. The molecule has 1 fully saturated rings. The Kier molecular flexibility index (Phi) is 7.20. The number of rotatable bonds is 3. The Morgan fingerprint density at radius 3 is 2.52 bits per heavy atom. The third-order valence-electron chi connectivity index (χ3n) is 5.97. The van der Waals surface area contributed by atoms with E-state index in [1.54, 1.807) is 37.3 Å². The number of ether oxygens (including phenoxy) is 2. The van der Waals surface area contributed by atoms with E-state index in [4.69, 9.17) is 9.47 Å². The molecule has 0 saturated heterocycles. The highest BCUT2D eigenvalue weighted by Gasteiger charge is 2.37. The Balaban J connectivity index is 1.95. The zero-order chi connectivity index (χ0) is 22.7. The minimum atomic E-state index is -0.224. The maximum atomic E-state index is 13.2. The predicted molar refractivity (Wildman–Crippen MR) is 117 cm³/mol. The predicted octanol–water partition coefficient (Wildman–Crippen LogP) is 2.39. The van der Waals surface area contributed by atoms with Crippen LogP contribution < -0.4 is 10.1 Å². The molecule has 3 amide bonds. The van der Waals surface area contributed by atoms with E-state index >= 15 is 0 Å². The van der Waals surface area contributed by atoms with Crippen molar-refractivity contribution in [3.63, 3.8) is 0 Å². The van der Waals surface area contributed by atoms with Gasteiger partial charge in [0.2, 0.25) is 11.8 Å². The quantitative estimate of drug-likeness (QED) is 0.794. The standard InChI is InChI=1S/C23H33N3O5/c1-14-11-26(22(28)17-6-7-17)15(2)13-31-20-9-8-18(24-16(3)27)10-19(20)23(29)25(4)12-21(14)30-5/h8-10,14-15,17,21H,6-7,11-13H2,1-5H3,(H,24,27)/t14-,15-,21+/m0/s1. The van der Waals surface area contributed by atoms with Crippen molar-refractivity contribution in [2.24, 2.45) is 11.8 Å². The number of nitrogens with zero attached hydrogens (tertiary/aromatic N) is 2. The number of carbonyl (C=O) groups is 3. The van der Waals surface area contributed by atoms with Gasteiger partial charge in [-0.25, -0.2) is 0 Å². The number of amides is 3. The van der Waals surface area contributed by atoms with Crippen LogP contribution in [0.15, 0.2) is 18.2 Å². The number of fused-ring (bicyclic) bond motifs is 1. The molecule has 1 aliphatic heterocycles. The molecule has 1 heterocycles. The molecule has 1 aromatic carbocycles.